The summed E-state index contributed by atoms with van der Waals surface area (Å²) >= 11 is 0. The van der Waals surface area contributed by atoms with Gasteiger partial charge in [0.05, 0.1) is 12.1 Å². The Balaban J connectivity index is 1.63. The maximum atomic E-state index is 13.6. The highest BCUT2D eigenvalue weighted by molar-refractivity contribution is 5.95. The van der Waals surface area contributed by atoms with E-state index in [4.69, 9.17) is 9.47 Å². The highest BCUT2D eigenvalue weighted by Gasteiger charge is 2.36. The Morgan fingerprint density at radius 3 is 2.72 bits per heavy atom. The lowest BCUT2D eigenvalue weighted by atomic mass is 10.0. The summed E-state index contributed by atoms with van der Waals surface area (Å²) in [5.41, 5.74) is 1.14. The summed E-state index contributed by atoms with van der Waals surface area (Å²) in [5, 5.41) is 10.1. The molecule has 1 N–H and O–H groups in total. The number of nitrogens with zero attached hydrogens (tertiary/aromatic N) is 1. The summed E-state index contributed by atoms with van der Waals surface area (Å²) in [6, 6.07) is 10.9. The van der Waals surface area contributed by atoms with Gasteiger partial charge < -0.3 is 19.5 Å². The number of aliphatic hydroxyl groups excluding tert-OH is 1. The monoisotopic (exact) mass is 343 g/mol. The number of benzene rings is 2. The van der Waals surface area contributed by atoms with E-state index in [0.29, 0.717) is 42.3 Å². The van der Waals surface area contributed by atoms with Crippen molar-refractivity contribution in [2.45, 2.75) is 18.6 Å². The molecule has 1 fully saturated rings. The van der Waals surface area contributed by atoms with Crippen LogP contribution in [0.5, 0.6) is 11.5 Å². The fraction of sp³-hybridized carbons (Fsp3) is 0.316. The summed E-state index contributed by atoms with van der Waals surface area (Å²) in [5.74, 6) is 0.582. The van der Waals surface area contributed by atoms with E-state index in [1.54, 1.807) is 35.2 Å². The van der Waals surface area contributed by atoms with Crippen LogP contribution >= 0.6 is 0 Å². The largest absolute Gasteiger partial charge is 0.486 e. The zero-order valence-electron chi connectivity index (χ0n) is 13.5. The molecule has 0 saturated carbocycles. The van der Waals surface area contributed by atoms with E-state index in [-0.39, 0.29) is 24.3 Å². The summed E-state index contributed by atoms with van der Waals surface area (Å²) in [6.07, 6.45) is -0.242. The normalized spacial score (nSPS) is 22.1. The van der Waals surface area contributed by atoms with Crippen molar-refractivity contribution in [1.29, 1.82) is 0 Å². The zero-order chi connectivity index (χ0) is 17.4. The standard InChI is InChI=1S/C19H18FNO4/c20-14-3-1-2-12(8-14)16-10-15(22)11-21(16)19(23)13-4-5-17-18(9-13)25-7-6-24-17/h1-5,8-9,15-16,22H,6-7,10-11H2/t15-,16-/m1/s1. The van der Waals surface area contributed by atoms with Crippen LogP contribution in [0.25, 0.3) is 0 Å². The molecule has 25 heavy (non-hydrogen) atoms. The smallest absolute Gasteiger partial charge is 0.254 e. The first-order valence-electron chi connectivity index (χ1n) is 8.26. The van der Waals surface area contributed by atoms with E-state index in [1.165, 1.54) is 12.1 Å². The molecule has 1 amide bonds. The molecule has 2 aromatic carbocycles. The van der Waals surface area contributed by atoms with Gasteiger partial charge in [0.25, 0.3) is 5.91 Å². The Kier molecular flexibility index (Phi) is 4.05. The lowest BCUT2D eigenvalue weighted by molar-refractivity contribution is 0.0714. The molecule has 2 aliphatic heterocycles. The van der Waals surface area contributed by atoms with Crippen LogP contribution in [0.2, 0.25) is 0 Å². The van der Waals surface area contributed by atoms with Crippen molar-refractivity contribution in [3.8, 4) is 11.5 Å². The molecule has 2 heterocycles. The quantitative estimate of drug-likeness (QED) is 0.910. The minimum absolute atomic E-state index is 0.217. The van der Waals surface area contributed by atoms with Crippen molar-refractivity contribution in [3.63, 3.8) is 0 Å². The number of hydrogen-bond acceptors (Lipinski definition) is 4. The van der Waals surface area contributed by atoms with Crippen LogP contribution < -0.4 is 9.47 Å². The summed E-state index contributed by atoms with van der Waals surface area (Å²) in [7, 11) is 0. The number of halogens is 1. The van der Waals surface area contributed by atoms with Gasteiger partial charge in [-0.15, -0.1) is 0 Å². The van der Waals surface area contributed by atoms with Gasteiger partial charge in [-0.2, -0.15) is 0 Å². The average molecular weight is 343 g/mol. The van der Waals surface area contributed by atoms with Crippen molar-refractivity contribution in [2.24, 2.45) is 0 Å². The van der Waals surface area contributed by atoms with Gasteiger partial charge in [-0.3, -0.25) is 4.79 Å². The first kappa shape index (κ1) is 15.9. The topological polar surface area (TPSA) is 59.0 Å². The fourth-order valence-corrected chi connectivity index (χ4v) is 3.41. The molecule has 0 aliphatic carbocycles. The van der Waals surface area contributed by atoms with Gasteiger partial charge in [0.15, 0.2) is 11.5 Å². The Bertz CT molecular complexity index is 810. The van der Waals surface area contributed by atoms with Crippen LogP contribution in [-0.4, -0.2) is 41.8 Å². The molecule has 6 heteroatoms. The van der Waals surface area contributed by atoms with Gasteiger partial charge in [0.1, 0.15) is 19.0 Å². The van der Waals surface area contributed by atoms with Gasteiger partial charge in [0.2, 0.25) is 0 Å². The van der Waals surface area contributed by atoms with Crippen molar-refractivity contribution in [3.05, 3.63) is 59.4 Å². The number of aliphatic hydroxyl groups is 1. The van der Waals surface area contributed by atoms with Crippen LogP contribution in [0.15, 0.2) is 42.5 Å². The van der Waals surface area contributed by atoms with E-state index < -0.39 is 6.10 Å². The Morgan fingerprint density at radius 2 is 1.92 bits per heavy atom. The number of rotatable bonds is 2. The predicted octanol–water partition coefficient (Wildman–Crippen LogP) is 2.55. The SMILES string of the molecule is O=C(c1ccc2c(c1)OCCO2)N1C[C@H](O)C[C@@H]1c1cccc(F)c1. The van der Waals surface area contributed by atoms with Crippen LogP contribution in [0.1, 0.15) is 28.4 Å². The minimum atomic E-state index is -0.630. The minimum Gasteiger partial charge on any atom is -0.486 e. The molecule has 5 nitrogen and oxygen atoms in total. The third-order valence-corrected chi connectivity index (χ3v) is 4.56. The van der Waals surface area contributed by atoms with Crippen molar-refractivity contribution < 1.29 is 23.8 Å². The van der Waals surface area contributed by atoms with E-state index in [0.717, 1.165) is 0 Å². The molecule has 1 saturated heterocycles. The number of hydrogen-bond donors (Lipinski definition) is 1. The second-order valence-electron chi connectivity index (χ2n) is 6.28. The van der Waals surface area contributed by atoms with E-state index in [1.807, 2.05) is 0 Å². The lowest BCUT2D eigenvalue weighted by Crippen LogP contribution is -2.32. The Labute approximate surface area is 144 Å². The number of likely N-dealkylation sites (tertiary alicyclic amines) is 1. The maximum absolute atomic E-state index is 13.6. The Hall–Kier alpha value is -2.60. The Morgan fingerprint density at radius 1 is 1.12 bits per heavy atom. The molecule has 0 spiro atoms. The van der Waals surface area contributed by atoms with Gasteiger partial charge in [-0.05, 0) is 42.3 Å². The second kappa shape index (κ2) is 6.37. The molecule has 2 aliphatic rings. The molecule has 130 valence electrons. The predicted molar refractivity (Wildman–Crippen MR) is 88.2 cm³/mol. The summed E-state index contributed by atoms with van der Waals surface area (Å²) < 4.78 is 24.6. The van der Waals surface area contributed by atoms with E-state index >= 15 is 0 Å². The third-order valence-electron chi connectivity index (χ3n) is 4.56. The van der Waals surface area contributed by atoms with Gasteiger partial charge in [-0.25, -0.2) is 4.39 Å². The number of carbonyl (C=O) groups excluding carboxylic acids is 1. The number of fused-ring (bicyclic) bond motifs is 1. The highest BCUT2D eigenvalue weighted by atomic mass is 19.1. The first-order chi connectivity index (χ1) is 12.1. The van der Waals surface area contributed by atoms with Crippen LogP contribution in [-0.2, 0) is 0 Å². The first-order valence-corrected chi connectivity index (χ1v) is 8.26. The van der Waals surface area contributed by atoms with Gasteiger partial charge in [-0.1, -0.05) is 12.1 Å². The maximum Gasteiger partial charge on any atom is 0.254 e. The lowest BCUT2D eigenvalue weighted by Gasteiger charge is -2.26. The zero-order valence-corrected chi connectivity index (χ0v) is 13.5. The molecule has 0 radical (unpaired) electrons. The molecular weight excluding hydrogens is 325 g/mol. The van der Waals surface area contributed by atoms with Crippen molar-refractivity contribution >= 4 is 5.91 Å². The molecule has 0 bridgehead atoms. The van der Waals surface area contributed by atoms with Gasteiger partial charge in [0, 0.05) is 12.1 Å². The molecular formula is C19H18FNO4. The van der Waals surface area contributed by atoms with Crippen molar-refractivity contribution in [1.82, 2.24) is 4.90 Å². The number of carbonyl (C=O) groups is 1. The highest BCUT2D eigenvalue weighted by Crippen LogP contribution is 2.36. The van der Waals surface area contributed by atoms with Gasteiger partial charge >= 0.3 is 0 Å². The van der Waals surface area contributed by atoms with Crippen molar-refractivity contribution in [2.75, 3.05) is 19.8 Å². The van der Waals surface area contributed by atoms with E-state index in [9.17, 15) is 14.3 Å². The van der Waals surface area contributed by atoms with Crippen LogP contribution in [0.3, 0.4) is 0 Å². The molecule has 0 unspecified atom stereocenters. The third kappa shape index (κ3) is 3.05. The molecule has 2 atom stereocenters. The van der Waals surface area contributed by atoms with Crippen LogP contribution in [0, 0.1) is 5.82 Å². The summed E-state index contributed by atoms with van der Waals surface area (Å²) in [4.78, 5) is 14.6. The number of ether oxygens (including phenoxy) is 2. The number of β-amino-alcohol motifs (C(OH)–C–C–N with tert-alkyl or cyclic N) is 1. The summed E-state index contributed by atoms with van der Waals surface area (Å²) in [6.45, 7) is 1.15. The van der Waals surface area contributed by atoms with Crippen LogP contribution in [0.4, 0.5) is 4.39 Å². The number of amides is 1. The average Bonchev–Trinajstić information content (AvgIpc) is 3.02. The molecule has 4 rings (SSSR count). The molecule has 0 aromatic heterocycles. The van der Waals surface area contributed by atoms with E-state index in [2.05, 4.69) is 0 Å². The fourth-order valence-electron chi connectivity index (χ4n) is 3.41. The second-order valence-corrected chi connectivity index (χ2v) is 6.28. The molecule has 2 aromatic rings.